The van der Waals surface area contributed by atoms with Crippen LogP contribution in [0.15, 0.2) is 47.4 Å². The van der Waals surface area contributed by atoms with Gasteiger partial charge < -0.3 is 14.8 Å². The highest BCUT2D eigenvalue weighted by Crippen LogP contribution is 2.34. The summed E-state index contributed by atoms with van der Waals surface area (Å²) in [4.78, 5) is 12.9. The van der Waals surface area contributed by atoms with E-state index in [9.17, 15) is 13.2 Å². The number of amides is 1. The number of hydrogen-bond acceptors (Lipinski definition) is 5. The van der Waals surface area contributed by atoms with Crippen molar-refractivity contribution in [1.82, 2.24) is 5.32 Å². The number of carbonyl (C=O) groups is 1. The van der Waals surface area contributed by atoms with Gasteiger partial charge in [-0.3, -0.25) is 4.79 Å². The zero-order valence-corrected chi connectivity index (χ0v) is 16.4. The largest absolute Gasteiger partial charge is 0.486 e. The highest BCUT2D eigenvalue weighted by atomic mass is 32.2. The van der Waals surface area contributed by atoms with Crippen LogP contribution < -0.4 is 14.8 Å². The van der Waals surface area contributed by atoms with Gasteiger partial charge in [0.05, 0.1) is 10.9 Å². The Kier molecular flexibility index (Phi) is 5.41. The van der Waals surface area contributed by atoms with Gasteiger partial charge in [-0.25, -0.2) is 8.42 Å². The van der Waals surface area contributed by atoms with E-state index in [1.165, 1.54) is 12.1 Å². The highest BCUT2D eigenvalue weighted by molar-refractivity contribution is 7.90. The molecule has 0 aliphatic carbocycles. The summed E-state index contributed by atoms with van der Waals surface area (Å²) in [6.45, 7) is 5.03. The number of benzene rings is 2. The van der Waals surface area contributed by atoms with Gasteiger partial charge in [-0.05, 0) is 41.8 Å². The van der Waals surface area contributed by atoms with Gasteiger partial charge in [-0.2, -0.15) is 0 Å². The first-order valence-electron chi connectivity index (χ1n) is 8.76. The molecule has 6 nitrogen and oxygen atoms in total. The van der Waals surface area contributed by atoms with Crippen LogP contribution in [0.2, 0.25) is 0 Å². The topological polar surface area (TPSA) is 81.7 Å². The summed E-state index contributed by atoms with van der Waals surface area (Å²) in [7, 11) is -3.38. The number of hydrogen-bond donors (Lipinski definition) is 1. The lowest BCUT2D eigenvalue weighted by molar-refractivity contribution is 0.0925. The molecule has 0 saturated heterocycles. The van der Waals surface area contributed by atoms with Crippen molar-refractivity contribution < 1.29 is 22.7 Å². The first-order chi connectivity index (χ1) is 12.8. The van der Waals surface area contributed by atoms with E-state index in [0.29, 0.717) is 30.3 Å². The third-order valence-corrected chi connectivity index (χ3v) is 5.51. The minimum atomic E-state index is -3.38. The minimum Gasteiger partial charge on any atom is -0.486 e. The molecule has 0 radical (unpaired) electrons. The molecule has 0 spiro atoms. The standard InChI is InChI=1S/C20H23NO5S/c1-13(2)19(14-7-8-17-18(12-14)26-10-9-25-17)21-20(22)15-5-4-6-16(11-15)27(3,23)24/h4-8,11-13,19H,9-10H2,1-3H3,(H,21,22). The highest BCUT2D eigenvalue weighted by Gasteiger charge is 2.22. The Hall–Kier alpha value is -2.54. The van der Waals surface area contributed by atoms with E-state index in [0.717, 1.165) is 11.8 Å². The Morgan fingerprint density at radius 1 is 1.04 bits per heavy atom. The summed E-state index contributed by atoms with van der Waals surface area (Å²) in [5.74, 6) is 1.15. The van der Waals surface area contributed by atoms with Crippen molar-refractivity contribution >= 4 is 15.7 Å². The lowest BCUT2D eigenvalue weighted by atomic mass is 9.95. The van der Waals surface area contributed by atoms with Crippen molar-refractivity contribution in [1.29, 1.82) is 0 Å². The van der Waals surface area contributed by atoms with Crippen LogP contribution in [0.3, 0.4) is 0 Å². The van der Waals surface area contributed by atoms with Crippen LogP contribution >= 0.6 is 0 Å². The van der Waals surface area contributed by atoms with Crippen molar-refractivity contribution in [3.05, 3.63) is 53.6 Å². The second-order valence-corrected chi connectivity index (χ2v) is 8.91. The van der Waals surface area contributed by atoms with Crippen LogP contribution in [0.4, 0.5) is 0 Å². The molecular weight excluding hydrogens is 366 g/mol. The monoisotopic (exact) mass is 389 g/mol. The molecule has 1 heterocycles. The molecule has 2 aromatic carbocycles. The molecule has 1 aliphatic rings. The average molecular weight is 389 g/mol. The quantitative estimate of drug-likeness (QED) is 0.850. The van der Waals surface area contributed by atoms with Gasteiger partial charge in [0.15, 0.2) is 21.3 Å². The van der Waals surface area contributed by atoms with E-state index in [1.54, 1.807) is 12.1 Å². The molecule has 0 bridgehead atoms. The fourth-order valence-electron chi connectivity index (χ4n) is 2.98. The van der Waals surface area contributed by atoms with E-state index >= 15 is 0 Å². The fourth-order valence-corrected chi connectivity index (χ4v) is 3.65. The van der Waals surface area contributed by atoms with Gasteiger partial charge in [-0.15, -0.1) is 0 Å². The number of nitrogens with one attached hydrogen (secondary N) is 1. The summed E-state index contributed by atoms with van der Waals surface area (Å²) >= 11 is 0. The molecule has 1 amide bonds. The van der Waals surface area contributed by atoms with Crippen LogP contribution in [0.25, 0.3) is 0 Å². The van der Waals surface area contributed by atoms with Gasteiger partial charge in [0, 0.05) is 11.8 Å². The van der Waals surface area contributed by atoms with E-state index in [4.69, 9.17) is 9.47 Å². The number of carbonyl (C=O) groups excluding carboxylic acids is 1. The van der Waals surface area contributed by atoms with Gasteiger partial charge >= 0.3 is 0 Å². The molecule has 27 heavy (non-hydrogen) atoms. The van der Waals surface area contributed by atoms with Crippen molar-refractivity contribution in [2.24, 2.45) is 5.92 Å². The number of fused-ring (bicyclic) bond motifs is 1. The maximum Gasteiger partial charge on any atom is 0.251 e. The summed E-state index contributed by atoms with van der Waals surface area (Å²) in [5, 5.41) is 3.00. The molecule has 3 rings (SSSR count). The number of rotatable bonds is 5. The van der Waals surface area contributed by atoms with E-state index in [-0.39, 0.29) is 22.8 Å². The van der Waals surface area contributed by atoms with Crippen LogP contribution in [0, 0.1) is 5.92 Å². The molecule has 1 unspecified atom stereocenters. The molecule has 1 N–H and O–H groups in total. The average Bonchev–Trinajstić information content (AvgIpc) is 2.64. The van der Waals surface area contributed by atoms with E-state index < -0.39 is 9.84 Å². The first kappa shape index (κ1) is 19.2. The van der Waals surface area contributed by atoms with Crippen molar-refractivity contribution in [2.45, 2.75) is 24.8 Å². The number of sulfone groups is 1. The Labute approximate surface area is 159 Å². The Morgan fingerprint density at radius 3 is 2.41 bits per heavy atom. The molecule has 0 saturated carbocycles. The van der Waals surface area contributed by atoms with Crippen LogP contribution in [0.1, 0.15) is 35.8 Å². The molecule has 1 aliphatic heterocycles. The van der Waals surface area contributed by atoms with Crippen LogP contribution in [-0.2, 0) is 9.84 Å². The molecule has 0 aromatic heterocycles. The summed E-state index contributed by atoms with van der Waals surface area (Å²) in [5.41, 5.74) is 1.21. The van der Waals surface area contributed by atoms with Gasteiger partial charge in [0.1, 0.15) is 13.2 Å². The number of ether oxygens (including phenoxy) is 2. The molecular formula is C20H23NO5S. The van der Waals surface area contributed by atoms with Gasteiger partial charge in [-0.1, -0.05) is 26.0 Å². The second-order valence-electron chi connectivity index (χ2n) is 6.90. The van der Waals surface area contributed by atoms with Crippen molar-refractivity contribution in [3.63, 3.8) is 0 Å². The van der Waals surface area contributed by atoms with E-state index in [1.807, 2.05) is 32.0 Å². The maximum atomic E-state index is 12.7. The fraction of sp³-hybridized carbons (Fsp3) is 0.350. The third kappa shape index (κ3) is 4.42. The summed E-state index contributed by atoms with van der Waals surface area (Å²) < 4.78 is 34.7. The lowest BCUT2D eigenvalue weighted by Crippen LogP contribution is -2.32. The lowest BCUT2D eigenvalue weighted by Gasteiger charge is -2.25. The Morgan fingerprint density at radius 2 is 1.74 bits per heavy atom. The first-order valence-corrected chi connectivity index (χ1v) is 10.7. The zero-order chi connectivity index (χ0) is 19.6. The predicted octanol–water partition coefficient (Wildman–Crippen LogP) is 2.99. The smallest absolute Gasteiger partial charge is 0.251 e. The van der Waals surface area contributed by atoms with Gasteiger partial charge in [0.2, 0.25) is 0 Å². The SMILES string of the molecule is CC(C)C(NC(=O)c1cccc(S(C)(=O)=O)c1)c1ccc2c(c1)OCCO2. The van der Waals surface area contributed by atoms with Gasteiger partial charge in [0.25, 0.3) is 5.91 Å². The van der Waals surface area contributed by atoms with Crippen molar-refractivity contribution in [3.8, 4) is 11.5 Å². The Bertz CT molecular complexity index is 953. The summed E-state index contributed by atoms with van der Waals surface area (Å²) in [6, 6.07) is 11.4. The van der Waals surface area contributed by atoms with Crippen molar-refractivity contribution in [2.75, 3.05) is 19.5 Å². The second kappa shape index (κ2) is 7.60. The van der Waals surface area contributed by atoms with E-state index in [2.05, 4.69) is 5.32 Å². The summed E-state index contributed by atoms with van der Waals surface area (Å²) in [6.07, 6.45) is 1.12. The molecule has 7 heteroatoms. The third-order valence-electron chi connectivity index (χ3n) is 4.40. The normalized spacial score (nSPS) is 14.7. The van der Waals surface area contributed by atoms with Crippen LogP contribution in [0.5, 0.6) is 11.5 Å². The van der Waals surface area contributed by atoms with Crippen LogP contribution in [-0.4, -0.2) is 33.8 Å². The predicted molar refractivity (Wildman–Crippen MR) is 102 cm³/mol. The molecule has 144 valence electrons. The molecule has 1 atom stereocenters. The molecule has 0 fully saturated rings. The molecule has 2 aromatic rings. The maximum absolute atomic E-state index is 12.7. The zero-order valence-electron chi connectivity index (χ0n) is 15.6. The minimum absolute atomic E-state index is 0.120. The Balaban J connectivity index is 1.86.